The Bertz CT molecular complexity index is 172. The van der Waals surface area contributed by atoms with Gasteiger partial charge in [0.2, 0.25) is 0 Å². The molecule has 70 valence electrons. The van der Waals surface area contributed by atoms with Crippen molar-refractivity contribution in [1.82, 2.24) is 9.80 Å². The molecule has 0 aliphatic carbocycles. The van der Waals surface area contributed by atoms with Crippen LogP contribution in [0.5, 0.6) is 0 Å². The minimum atomic E-state index is 0.102. The smallest absolute Gasteiger partial charge is 0.319 e. The maximum absolute atomic E-state index is 11.5. The number of nitrogens with two attached hydrogens (primary N) is 1. The fourth-order valence-corrected chi connectivity index (χ4v) is 1.34. The molecule has 0 saturated carbocycles. The molecule has 1 heterocycles. The summed E-state index contributed by atoms with van der Waals surface area (Å²) in [6.07, 6.45) is 0.934. The first-order valence-electron chi connectivity index (χ1n) is 4.40. The van der Waals surface area contributed by atoms with Gasteiger partial charge in [-0.05, 0) is 13.3 Å². The minimum absolute atomic E-state index is 0.102. The largest absolute Gasteiger partial charge is 0.328 e. The lowest BCUT2D eigenvalue weighted by Crippen LogP contribution is -2.40. The van der Waals surface area contributed by atoms with Crippen LogP contribution in [0.4, 0.5) is 4.79 Å². The minimum Gasteiger partial charge on any atom is -0.328 e. The van der Waals surface area contributed by atoms with Crippen LogP contribution < -0.4 is 5.73 Å². The third-order valence-corrected chi connectivity index (χ3v) is 2.30. The number of carbonyl (C=O) groups excluding carboxylic acids is 1. The highest BCUT2D eigenvalue weighted by atomic mass is 16.2. The summed E-state index contributed by atoms with van der Waals surface area (Å²) in [5.41, 5.74) is 5.69. The highest BCUT2D eigenvalue weighted by molar-refractivity contribution is 5.74. The van der Waals surface area contributed by atoms with Crippen molar-refractivity contribution in [3.8, 4) is 0 Å². The number of carbonyl (C=O) groups is 1. The first-order chi connectivity index (χ1) is 5.65. The Kier molecular flexibility index (Phi) is 2.92. The molecule has 1 saturated heterocycles. The molecule has 4 nitrogen and oxygen atoms in total. The number of rotatable bonds is 1. The molecule has 12 heavy (non-hydrogen) atoms. The van der Waals surface area contributed by atoms with E-state index in [9.17, 15) is 4.79 Å². The van der Waals surface area contributed by atoms with Crippen molar-refractivity contribution >= 4 is 6.03 Å². The van der Waals surface area contributed by atoms with E-state index in [4.69, 9.17) is 5.73 Å². The van der Waals surface area contributed by atoms with Crippen molar-refractivity contribution in [2.75, 3.05) is 26.7 Å². The number of urea groups is 1. The molecule has 1 fully saturated rings. The molecule has 1 atom stereocenters. The summed E-state index contributed by atoms with van der Waals surface area (Å²) >= 11 is 0. The first-order valence-corrected chi connectivity index (χ1v) is 4.40. The Labute approximate surface area is 73.3 Å². The van der Waals surface area contributed by atoms with E-state index < -0.39 is 0 Å². The van der Waals surface area contributed by atoms with Crippen molar-refractivity contribution in [1.29, 1.82) is 0 Å². The van der Waals surface area contributed by atoms with Crippen LogP contribution in [-0.2, 0) is 0 Å². The van der Waals surface area contributed by atoms with E-state index in [2.05, 4.69) is 0 Å². The van der Waals surface area contributed by atoms with E-state index in [1.54, 1.807) is 4.90 Å². The zero-order valence-corrected chi connectivity index (χ0v) is 7.79. The molecule has 0 radical (unpaired) electrons. The summed E-state index contributed by atoms with van der Waals surface area (Å²) < 4.78 is 0. The molecule has 4 heteroatoms. The average Bonchev–Trinajstić information content (AvgIpc) is 2.49. The van der Waals surface area contributed by atoms with Gasteiger partial charge in [-0.2, -0.15) is 0 Å². The van der Waals surface area contributed by atoms with Gasteiger partial charge in [-0.3, -0.25) is 0 Å². The SMILES string of the molecule is CCN(C)C(=O)N1CC[C@H](N)C1. The van der Waals surface area contributed by atoms with Crippen molar-refractivity contribution in [3.63, 3.8) is 0 Å². The van der Waals surface area contributed by atoms with Gasteiger partial charge in [0, 0.05) is 32.7 Å². The molecule has 0 aromatic heterocycles. The lowest BCUT2D eigenvalue weighted by atomic mass is 10.3. The van der Waals surface area contributed by atoms with Gasteiger partial charge in [0.25, 0.3) is 0 Å². The summed E-state index contributed by atoms with van der Waals surface area (Å²) in [7, 11) is 1.81. The number of hydrogen-bond donors (Lipinski definition) is 1. The summed E-state index contributed by atoms with van der Waals surface area (Å²) in [6, 6.07) is 0.282. The predicted octanol–water partition coefficient (Wildman–Crippen LogP) is 0.0911. The fraction of sp³-hybridized carbons (Fsp3) is 0.875. The van der Waals surface area contributed by atoms with Crippen molar-refractivity contribution in [2.45, 2.75) is 19.4 Å². The highest BCUT2D eigenvalue weighted by Crippen LogP contribution is 2.08. The maximum atomic E-state index is 11.5. The van der Waals surface area contributed by atoms with Gasteiger partial charge >= 0.3 is 6.03 Å². The molecular weight excluding hydrogens is 154 g/mol. The molecule has 0 unspecified atom stereocenters. The van der Waals surface area contributed by atoms with E-state index in [1.807, 2.05) is 18.9 Å². The molecule has 0 bridgehead atoms. The second-order valence-corrected chi connectivity index (χ2v) is 3.29. The molecule has 0 aromatic carbocycles. The van der Waals surface area contributed by atoms with Crippen LogP contribution in [0.25, 0.3) is 0 Å². The van der Waals surface area contributed by atoms with Crippen molar-refractivity contribution in [3.05, 3.63) is 0 Å². The van der Waals surface area contributed by atoms with Gasteiger partial charge in [-0.1, -0.05) is 0 Å². The highest BCUT2D eigenvalue weighted by Gasteiger charge is 2.24. The second kappa shape index (κ2) is 3.76. The van der Waals surface area contributed by atoms with Gasteiger partial charge in [0.1, 0.15) is 0 Å². The number of likely N-dealkylation sites (tertiary alicyclic amines) is 1. The quantitative estimate of drug-likeness (QED) is 0.608. The zero-order chi connectivity index (χ0) is 9.14. The van der Waals surface area contributed by atoms with Gasteiger partial charge in [-0.15, -0.1) is 0 Å². The van der Waals surface area contributed by atoms with Gasteiger partial charge < -0.3 is 15.5 Å². The maximum Gasteiger partial charge on any atom is 0.319 e. The number of nitrogens with zero attached hydrogens (tertiary/aromatic N) is 2. The van der Waals surface area contributed by atoms with E-state index in [1.165, 1.54) is 0 Å². The lowest BCUT2D eigenvalue weighted by Gasteiger charge is -2.22. The standard InChI is InChI=1S/C8H17N3O/c1-3-10(2)8(12)11-5-4-7(9)6-11/h7H,3-6,9H2,1-2H3/t7-/m0/s1. The Morgan fingerprint density at radius 1 is 1.75 bits per heavy atom. The van der Waals surface area contributed by atoms with E-state index in [0.29, 0.717) is 6.54 Å². The van der Waals surface area contributed by atoms with Crippen LogP contribution in [-0.4, -0.2) is 48.6 Å². The number of hydrogen-bond acceptors (Lipinski definition) is 2. The molecule has 0 spiro atoms. The predicted molar refractivity (Wildman–Crippen MR) is 47.9 cm³/mol. The van der Waals surface area contributed by atoms with E-state index >= 15 is 0 Å². The number of amides is 2. The topological polar surface area (TPSA) is 49.6 Å². The van der Waals surface area contributed by atoms with E-state index in [-0.39, 0.29) is 12.1 Å². The Balaban J connectivity index is 2.43. The third-order valence-electron chi connectivity index (χ3n) is 2.30. The summed E-state index contributed by atoms with van der Waals surface area (Å²) in [6.45, 7) is 4.24. The molecular formula is C8H17N3O. The van der Waals surface area contributed by atoms with Gasteiger partial charge in [0.15, 0.2) is 0 Å². The third kappa shape index (κ3) is 1.88. The van der Waals surface area contributed by atoms with Crippen LogP contribution >= 0.6 is 0 Å². The Morgan fingerprint density at radius 2 is 2.42 bits per heavy atom. The normalized spacial score (nSPS) is 22.9. The zero-order valence-electron chi connectivity index (χ0n) is 7.79. The van der Waals surface area contributed by atoms with Crippen molar-refractivity contribution < 1.29 is 4.79 Å². The molecule has 2 amide bonds. The van der Waals surface area contributed by atoms with Crippen LogP contribution in [0.15, 0.2) is 0 Å². The summed E-state index contributed by atoms with van der Waals surface area (Å²) in [5.74, 6) is 0. The van der Waals surface area contributed by atoms with E-state index in [0.717, 1.165) is 19.5 Å². The Morgan fingerprint density at radius 3 is 2.83 bits per heavy atom. The Hall–Kier alpha value is -0.770. The summed E-state index contributed by atoms with van der Waals surface area (Å²) in [4.78, 5) is 15.0. The monoisotopic (exact) mass is 171 g/mol. The van der Waals surface area contributed by atoms with Crippen LogP contribution in [0.3, 0.4) is 0 Å². The molecule has 1 rings (SSSR count). The fourth-order valence-electron chi connectivity index (χ4n) is 1.34. The second-order valence-electron chi connectivity index (χ2n) is 3.29. The lowest BCUT2D eigenvalue weighted by molar-refractivity contribution is 0.175. The van der Waals surface area contributed by atoms with Gasteiger partial charge in [0.05, 0.1) is 0 Å². The van der Waals surface area contributed by atoms with Gasteiger partial charge in [-0.25, -0.2) is 4.79 Å². The van der Waals surface area contributed by atoms with Crippen LogP contribution in [0.2, 0.25) is 0 Å². The van der Waals surface area contributed by atoms with Crippen LogP contribution in [0, 0.1) is 0 Å². The van der Waals surface area contributed by atoms with Crippen molar-refractivity contribution in [2.24, 2.45) is 5.73 Å². The van der Waals surface area contributed by atoms with Crippen LogP contribution in [0.1, 0.15) is 13.3 Å². The molecule has 1 aliphatic rings. The first kappa shape index (κ1) is 9.32. The summed E-state index contributed by atoms with van der Waals surface area (Å²) in [5, 5.41) is 0. The molecule has 1 aliphatic heterocycles. The average molecular weight is 171 g/mol. The molecule has 0 aromatic rings. The molecule has 2 N–H and O–H groups in total.